The topological polar surface area (TPSA) is 134 Å². The summed E-state index contributed by atoms with van der Waals surface area (Å²) in [5, 5.41) is 37.1. The van der Waals surface area contributed by atoms with Crippen molar-refractivity contribution in [3.05, 3.63) is 83.0 Å². The minimum Gasteiger partial charge on any atom is -0.491 e. The predicted octanol–water partition coefficient (Wildman–Crippen LogP) is 3.41. The smallest absolute Gasteiger partial charge is 0.330 e. The van der Waals surface area contributed by atoms with Gasteiger partial charge in [0, 0.05) is 22.5 Å². The molecule has 0 saturated heterocycles. The fourth-order valence-electron chi connectivity index (χ4n) is 3.74. The number of benzene rings is 2. The van der Waals surface area contributed by atoms with Crippen LogP contribution in [-0.2, 0) is 15.0 Å². The third-order valence-corrected chi connectivity index (χ3v) is 5.83. The van der Waals surface area contributed by atoms with Crippen LogP contribution in [0, 0.1) is 5.92 Å². The zero-order valence-electron chi connectivity index (χ0n) is 20.1. The number of allylic oxidation sites excluding steroid dienone is 2. The summed E-state index contributed by atoms with van der Waals surface area (Å²) in [5.74, 6) is -1.71. The molecule has 0 spiro atoms. The molecule has 0 radical (unpaired) electrons. The van der Waals surface area contributed by atoms with E-state index in [0.717, 1.165) is 11.1 Å². The van der Waals surface area contributed by atoms with E-state index in [1.54, 1.807) is 36.4 Å². The minimum atomic E-state index is -1.10. The maximum absolute atomic E-state index is 11.7. The van der Waals surface area contributed by atoms with Crippen LogP contribution in [0.15, 0.2) is 71.8 Å². The van der Waals surface area contributed by atoms with Gasteiger partial charge in [0.1, 0.15) is 24.7 Å². The second-order valence-corrected chi connectivity index (χ2v) is 8.23. The standard InChI is InChI=1S/C27H32O8/c1-18(25(30)31)16-22(17-19(2)26(32)33)27(3,20-4-8-23(9-5-20)34-14-12-28)21-6-10-24(11-7-21)35-15-13-29/h4-11,16-17,22,28-29H,12-15H2,1-3H3,(H,30,31)(H,32,33). The molecule has 2 aromatic carbocycles. The van der Waals surface area contributed by atoms with Crippen molar-refractivity contribution in [3.63, 3.8) is 0 Å². The number of hydrogen-bond acceptors (Lipinski definition) is 6. The molecular weight excluding hydrogens is 452 g/mol. The SMILES string of the molecule is CC(=CC(C=C(C)C(=O)O)C(C)(c1ccc(OCCO)cc1)c1ccc(OCCO)cc1)C(=O)O. The fraction of sp³-hybridized carbons (Fsp3) is 0.333. The first-order valence-electron chi connectivity index (χ1n) is 11.1. The molecule has 0 fully saturated rings. The van der Waals surface area contributed by atoms with Crippen LogP contribution in [0.25, 0.3) is 0 Å². The molecule has 0 unspecified atom stereocenters. The highest BCUT2D eigenvalue weighted by molar-refractivity contribution is 5.87. The van der Waals surface area contributed by atoms with Crippen molar-refractivity contribution in [1.29, 1.82) is 0 Å². The van der Waals surface area contributed by atoms with E-state index in [1.165, 1.54) is 13.8 Å². The maximum Gasteiger partial charge on any atom is 0.330 e. The van der Waals surface area contributed by atoms with E-state index >= 15 is 0 Å². The number of carbonyl (C=O) groups is 2. The van der Waals surface area contributed by atoms with Crippen molar-refractivity contribution in [3.8, 4) is 11.5 Å². The first-order chi connectivity index (χ1) is 16.6. The molecular formula is C27H32O8. The Morgan fingerprint density at radius 3 is 1.40 bits per heavy atom. The van der Waals surface area contributed by atoms with Gasteiger partial charge in [-0.15, -0.1) is 0 Å². The summed E-state index contributed by atoms with van der Waals surface area (Å²) in [5.41, 5.74) is 0.889. The zero-order valence-corrected chi connectivity index (χ0v) is 20.1. The Bertz CT molecular complexity index is 970. The lowest BCUT2D eigenvalue weighted by Gasteiger charge is -2.37. The molecule has 0 heterocycles. The van der Waals surface area contributed by atoms with Gasteiger partial charge in [0.2, 0.25) is 0 Å². The molecule has 188 valence electrons. The number of aliphatic carboxylic acids is 2. The lowest BCUT2D eigenvalue weighted by atomic mass is 9.66. The largest absolute Gasteiger partial charge is 0.491 e. The lowest BCUT2D eigenvalue weighted by molar-refractivity contribution is -0.133. The highest BCUT2D eigenvalue weighted by Crippen LogP contribution is 2.42. The molecule has 0 atom stereocenters. The van der Waals surface area contributed by atoms with Crippen molar-refractivity contribution in [2.45, 2.75) is 26.2 Å². The van der Waals surface area contributed by atoms with Crippen LogP contribution >= 0.6 is 0 Å². The van der Waals surface area contributed by atoms with Gasteiger partial charge in [-0.2, -0.15) is 0 Å². The predicted molar refractivity (Wildman–Crippen MR) is 131 cm³/mol. The fourth-order valence-corrected chi connectivity index (χ4v) is 3.74. The molecule has 0 aliphatic rings. The van der Waals surface area contributed by atoms with E-state index in [9.17, 15) is 19.8 Å². The molecule has 0 bridgehead atoms. The molecule has 0 amide bonds. The van der Waals surface area contributed by atoms with Crippen LogP contribution in [-0.4, -0.2) is 58.8 Å². The van der Waals surface area contributed by atoms with Gasteiger partial charge in [0.25, 0.3) is 0 Å². The average Bonchev–Trinajstić information content (AvgIpc) is 2.85. The van der Waals surface area contributed by atoms with Gasteiger partial charge in [-0.3, -0.25) is 0 Å². The second-order valence-electron chi connectivity index (χ2n) is 8.23. The Kier molecular flexibility index (Phi) is 10.1. The number of carboxylic acid groups (broad SMARTS) is 2. The van der Waals surface area contributed by atoms with E-state index < -0.39 is 23.3 Å². The highest BCUT2D eigenvalue weighted by atomic mass is 16.5. The number of ether oxygens (including phenoxy) is 2. The van der Waals surface area contributed by atoms with Crippen molar-refractivity contribution in [2.75, 3.05) is 26.4 Å². The van der Waals surface area contributed by atoms with Crippen molar-refractivity contribution in [2.24, 2.45) is 5.92 Å². The van der Waals surface area contributed by atoms with Gasteiger partial charge in [-0.05, 0) is 49.2 Å². The molecule has 4 N–H and O–H groups in total. The summed E-state index contributed by atoms with van der Waals surface area (Å²) in [7, 11) is 0. The molecule has 8 heteroatoms. The molecule has 8 nitrogen and oxygen atoms in total. The summed E-state index contributed by atoms with van der Waals surface area (Å²) in [6.07, 6.45) is 3.11. The van der Waals surface area contributed by atoms with Crippen LogP contribution in [0.1, 0.15) is 31.9 Å². The van der Waals surface area contributed by atoms with Crippen LogP contribution in [0.4, 0.5) is 0 Å². The van der Waals surface area contributed by atoms with E-state index in [2.05, 4.69) is 0 Å². The number of aliphatic hydroxyl groups excluding tert-OH is 2. The van der Waals surface area contributed by atoms with Crippen molar-refractivity contribution < 1.29 is 39.5 Å². The summed E-state index contributed by atoms with van der Waals surface area (Å²) >= 11 is 0. The second kappa shape index (κ2) is 12.7. The van der Waals surface area contributed by atoms with E-state index in [4.69, 9.17) is 19.7 Å². The minimum absolute atomic E-state index is 0.0847. The van der Waals surface area contributed by atoms with Crippen LogP contribution in [0.5, 0.6) is 11.5 Å². The van der Waals surface area contributed by atoms with Crippen molar-refractivity contribution >= 4 is 11.9 Å². The summed E-state index contributed by atoms with van der Waals surface area (Å²) in [4.78, 5) is 23.3. The zero-order chi connectivity index (χ0) is 26.0. The Labute approximate surface area is 204 Å². The molecule has 35 heavy (non-hydrogen) atoms. The van der Waals surface area contributed by atoms with Gasteiger partial charge in [-0.1, -0.05) is 43.3 Å². The summed E-state index contributed by atoms with van der Waals surface area (Å²) < 4.78 is 10.9. The summed E-state index contributed by atoms with van der Waals surface area (Å²) in [6, 6.07) is 14.4. The monoisotopic (exact) mass is 484 g/mol. The Morgan fingerprint density at radius 2 is 1.11 bits per heavy atom. The average molecular weight is 485 g/mol. The normalized spacial score (nSPS) is 13.3. The van der Waals surface area contributed by atoms with Gasteiger partial charge in [0.15, 0.2) is 0 Å². The lowest BCUT2D eigenvalue weighted by Crippen LogP contribution is -2.32. The molecule has 0 aliphatic carbocycles. The van der Waals surface area contributed by atoms with Gasteiger partial charge in [-0.25, -0.2) is 9.59 Å². The van der Waals surface area contributed by atoms with Crippen LogP contribution in [0.2, 0.25) is 0 Å². The first kappa shape index (κ1) is 27.6. The molecule has 2 rings (SSSR count). The molecule has 2 aromatic rings. The Morgan fingerprint density at radius 1 is 0.771 bits per heavy atom. The third kappa shape index (κ3) is 7.18. The number of rotatable bonds is 13. The van der Waals surface area contributed by atoms with E-state index in [-0.39, 0.29) is 37.6 Å². The van der Waals surface area contributed by atoms with Crippen LogP contribution in [0.3, 0.4) is 0 Å². The van der Waals surface area contributed by atoms with Crippen LogP contribution < -0.4 is 9.47 Å². The van der Waals surface area contributed by atoms with Gasteiger partial charge in [0.05, 0.1) is 13.2 Å². The Balaban J connectivity index is 2.71. The highest BCUT2D eigenvalue weighted by Gasteiger charge is 2.36. The van der Waals surface area contributed by atoms with Gasteiger partial charge >= 0.3 is 11.9 Å². The first-order valence-corrected chi connectivity index (χ1v) is 11.1. The third-order valence-electron chi connectivity index (χ3n) is 5.83. The number of hydrogen-bond donors (Lipinski definition) is 4. The Hall–Kier alpha value is -3.62. The number of aliphatic hydroxyl groups is 2. The summed E-state index contributed by atoms with van der Waals surface area (Å²) in [6.45, 7) is 4.91. The van der Waals surface area contributed by atoms with Crippen molar-refractivity contribution in [1.82, 2.24) is 0 Å². The maximum atomic E-state index is 11.7. The number of carboxylic acids is 2. The van der Waals surface area contributed by atoms with E-state index in [1.807, 2.05) is 31.2 Å². The quantitative estimate of drug-likeness (QED) is 0.318. The van der Waals surface area contributed by atoms with Gasteiger partial charge < -0.3 is 29.9 Å². The molecule has 0 saturated carbocycles. The molecule has 0 aromatic heterocycles. The van der Waals surface area contributed by atoms with E-state index in [0.29, 0.717) is 11.5 Å². The molecule has 0 aliphatic heterocycles.